The lowest BCUT2D eigenvalue weighted by molar-refractivity contribution is 0.410. The van der Waals surface area contributed by atoms with E-state index in [4.69, 9.17) is 10.5 Å². The molecule has 0 amide bonds. The number of aryl methyl sites for hydroxylation is 1. The number of nitrogens with two attached hydrogens (primary N) is 1. The van der Waals surface area contributed by atoms with Crippen molar-refractivity contribution in [2.45, 2.75) is 13.5 Å². The van der Waals surface area contributed by atoms with Gasteiger partial charge in [-0.25, -0.2) is 0 Å². The average molecular weight is 190 g/mol. The number of nitrogens with one attached hydrogen (secondary N) is 1. The van der Waals surface area contributed by atoms with Gasteiger partial charge in [0.2, 0.25) is 0 Å². The summed E-state index contributed by atoms with van der Waals surface area (Å²) in [5.74, 6) is 0.860. The summed E-state index contributed by atoms with van der Waals surface area (Å²) in [6, 6.07) is 6.06. The molecule has 3 nitrogen and oxygen atoms in total. The number of hydrogen-bond donors (Lipinski definition) is 2. The van der Waals surface area contributed by atoms with E-state index < -0.39 is 0 Å². The van der Waals surface area contributed by atoms with Crippen molar-refractivity contribution in [2.24, 2.45) is 5.73 Å². The van der Waals surface area contributed by atoms with E-state index in [0.717, 1.165) is 27.9 Å². The fourth-order valence-corrected chi connectivity index (χ4v) is 1.79. The summed E-state index contributed by atoms with van der Waals surface area (Å²) in [4.78, 5) is 3.27. The molecule has 3 N–H and O–H groups in total. The zero-order valence-corrected chi connectivity index (χ0v) is 8.42. The van der Waals surface area contributed by atoms with Crippen molar-refractivity contribution in [1.29, 1.82) is 0 Å². The van der Waals surface area contributed by atoms with Gasteiger partial charge in [0.25, 0.3) is 0 Å². The Bertz CT molecular complexity index is 460. The average Bonchev–Trinajstić information content (AvgIpc) is 2.56. The molecule has 74 valence electrons. The summed E-state index contributed by atoms with van der Waals surface area (Å²) in [6.07, 6.45) is 0. The van der Waals surface area contributed by atoms with Gasteiger partial charge in [0.15, 0.2) is 0 Å². The lowest BCUT2D eigenvalue weighted by Gasteiger charge is -2.07. The van der Waals surface area contributed by atoms with Gasteiger partial charge in [0.05, 0.1) is 7.11 Å². The van der Waals surface area contributed by atoms with Crippen LogP contribution in [-0.2, 0) is 6.54 Å². The Morgan fingerprint density at radius 2 is 2.21 bits per heavy atom. The van der Waals surface area contributed by atoms with E-state index in [1.807, 2.05) is 19.1 Å². The Morgan fingerprint density at radius 1 is 1.43 bits per heavy atom. The molecule has 0 spiro atoms. The number of methoxy groups -OCH3 is 1. The van der Waals surface area contributed by atoms with Gasteiger partial charge in [-0.1, -0.05) is 0 Å². The molecule has 2 aromatic rings. The highest BCUT2D eigenvalue weighted by atomic mass is 16.5. The maximum atomic E-state index is 5.71. The van der Waals surface area contributed by atoms with Crippen LogP contribution in [0.1, 0.15) is 11.3 Å². The van der Waals surface area contributed by atoms with Gasteiger partial charge in [0, 0.05) is 28.7 Å². The third-order valence-corrected chi connectivity index (χ3v) is 2.43. The first kappa shape index (κ1) is 9.09. The van der Waals surface area contributed by atoms with Crippen LogP contribution in [0.25, 0.3) is 10.9 Å². The van der Waals surface area contributed by atoms with Crippen molar-refractivity contribution in [1.82, 2.24) is 4.98 Å². The standard InChI is InChI=1S/C11H14N2O/c1-7-5-8-9(6-12)11(14-2)4-3-10(8)13-7/h3-5,13H,6,12H2,1-2H3. The first-order valence-electron chi connectivity index (χ1n) is 4.61. The maximum Gasteiger partial charge on any atom is 0.124 e. The van der Waals surface area contributed by atoms with Crippen LogP contribution < -0.4 is 10.5 Å². The molecule has 0 unspecified atom stereocenters. The van der Waals surface area contributed by atoms with Gasteiger partial charge in [-0.3, -0.25) is 0 Å². The smallest absolute Gasteiger partial charge is 0.124 e. The first-order valence-corrected chi connectivity index (χ1v) is 4.61. The molecule has 0 aliphatic heterocycles. The van der Waals surface area contributed by atoms with Gasteiger partial charge in [-0.2, -0.15) is 0 Å². The zero-order chi connectivity index (χ0) is 10.1. The van der Waals surface area contributed by atoms with Crippen molar-refractivity contribution in [3.05, 3.63) is 29.5 Å². The predicted molar refractivity (Wildman–Crippen MR) is 57.5 cm³/mol. The fraction of sp³-hybridized carbons (Fsp3) is 0.273. The molecular formula is C11H14N2O. The number of H-pyrrole nitrogens is 1. The Morgan fingerprint density at radius 3 is 2.86 bits per heavy atom. The van der Waals surface area contributed by atoms with Crippen molar-refractivity contribution >= 4 is 10.9 Å². The molecule has 1 aromatic carbocycles. The summed E-state index contributed by atoms with van der Waals surface area (Å²) >= 11 is 0. The third-order valence-electron chi connectivity index (χ3n) is 2.43. The molecule has 0 saturated heterocycles. The molecule has 0 aliphatic rings. The number of fused-ring (bicyclic) bond motifs is 1. The first-order chi connectivity index (χ1) is 6.76. The Kier molecular flexibility index (Phi) is 2.17. The van der Waals surface area contributed by atoms with Crippen LogP contribution in [0.4, 0.5) is 0 Å². The number of hydrogen-bond acceptors (Lipinski definition) is 2. The molecule has 0 bridgehead atoms. The van der Waals surface area contributed by atoms with Crippen LogP contribution in [0, 0.1) is 6.92 Å². The second-order valence-corrected chi connectivity index (χ2v) is 3.36. The molecule has 0 aliphatic carbocycles. The molecule has 0 radical (unpaired) electrons. The molecule has 14 heavy (non-hydrogen) atoms. The number of benzene rings is 1. The number of aromatic nitrogens is 1. The van der Waals surface area contributed by atoms with Crippen LogP contribution in [-0.4, -0.2) is 12.1 Å². The van der Waals surface area contributed by atoms with Gasteiger partial charge < -0.3 is 15.5 Å². The van der Waals surface area contributed by atoms with E-state index in [-0.39, 0.29) is 0 Å². The lowest BCUT2D eigenvalue weighted by atomic mass is 10.1. The minimum Gasteiger partial charge on any atom is -0.496 e. The highest BCUT2D eigenvalue weighted by molar-refractivity contribution is 5.86. The van der Waals surface area contributed by atoms with Crippen LogP contribution in [0.5, 0.6) is 5.75 Å². The van der Waals surface area contributed by atoms with Gasteiger partial charge in [-0.05, 0) is 25.1 Å². The van der Waals surface area contributed by atoms with Gasteiger partial charge in [-0.15, -0.1) is 0 Å². The molecule has 0 saturated carbocycles. The molecule has 3 heteroatoms. The topological polar surface area (TPSA) is 51.0 Å². The van der Waals surface area contributed by atoms with E-state index in [9.17, 15) is 0 Å². The van der Waals surface area contributed by atoms with Crippen molar-refractivity contribution in [3.8, 4) is 5.75 Å². The molecule has 1 heterocycles. The lowest BCUT2D eigenvalue weighted by Crippen LogP contribution is -2.00. The highest BCUT2D eigenvalue weighted by Crippen LogP contribution is 2.27. The summed E-state index contributed by atoms with van der Waals surface area (Å²) in [6.45, 7) is 2.53. The van der Waals surface area contributed by atoms with Crippen molar-refractivity contribution in [2.75, 3.05) is 7.11 Å². The normalized spacial score (nSPS) is 10.8. The van der Waals surface area contributed by atoms with E-state index >= 15 is 0 Å². The molecule has 2 rings (SSSR count). The van der Waals surface area contributed by atoms with E-state index in [0.29, 0.717) is 6.54 Å². The molecule has 0 fully saturated rings. The predicted octanol–water partition coefficient (Wildman–Crippen LogP) is 1.94. The number of aromatic amines is 1. The van der Waals surface area contributed by atoms with E-state index in [1.165, 1.54) is 0 Å². The largest absolute Gasteiger partial charge is 0.496 e. The van der Waals surface area contributed by atoms with Crippen LogP contribution in [0.3, 0.4) is 0 Å². The highest BCUT2D eigenvalue weighted by Gasteiger charge is 2.07. The quantitative estimate of drug-likeness (QED) is 0.760. The zero-order valence-electron chi connectivity index (χ0n) is 8.42. The summed E-state index contributed by atoms with van der Waals surface area (Å²) in [5.41, 5.74) is 9.03. The molecule has 0 atom stereocenters. The van der Waals surface area contributed by atoms with E-state index in [2.05, 4.69) is 11.1 Å². The number of ether oxygens (including phenoxy) is 1. The van der Waals surface area contributed by atoms with Crippen LogP contribution in [0.15, 0.2) is 18.2 Å². The summed E-state index contributed by atoms with van der Waals surface area (Å²) < 4.78 is 5.26. The minimum atomic E-state index is 0.498. The van der Waals surface area contributed by atoms with Crippen LogP contribution in [0.2, 0.25) is 0 Å². The Hall–Kier alpha value is -1.48. The second-order valence-electron chi connectivity index (χ2n) is 3.36. The van der Waals surface area contributed by atoms with Crippen molar-refractivity contribution < 1.29 is 4.74 Å². The summed E-state index contributed by atoms with van der Waals surface area (Å²) in [5, 5.41) is 1.16. The Balaban J connectivity index is 2.75. The Labute approximate surface area is 82.9 Å². The third kappa shape index (κ3) is 1.26. The van der Waals surface area contributed by atoms with E-state index in [1.54, 1.807) is 7.11 Å². The van der Waals surface area contributed by atoms with Crippen molar-refractivity contribution in [3.63, 3.8) is 0 Å². The second kappa shape index (κ2) is 3.35. The minimum absolute atomic E-state index is 0.498. The maximum absolute atomic E-state index is 5.71. The van der Waals surface area contributed by atoms with Gasteiger partial charge in [0.1, 0.15) is 5.75 Å². The molecule has 1 aromatic heterocycles. The monoisotopic (exact) mass is 190 g/mol. The fourth-order valence-electron chi connectivity index (χ4n) is 1.79. The summed E-state index contributed by atoms with van der Waals surface area (Å²) in [7, 11) is 1.67. The number of rotatable bonds is 2. The van der Waals surface area contributed by atoms with Gasteiger partial charge >= 0.3 is 0 Å². The SMILES string of the molecule is COc1ccc2[nH]c(C)cc2c1CN. The molecular weight excluding hydrogens is 176 g/mol. The van der Waals surface area contributed by atoms with Crippen LogP contribution >= 0.6 is 0 Å².